The van der Waals surface area contributed by atoms with Crippen LogP contribution in [0.2, 0.25) is 5.02 Å². The number of benzene rings is 2. The maximum atomic E-state index is 12.4. The molecule has 0 saturated carbocycles. The van der Waals surface area contributed by atoms with Crippen molar-refractivity contribution in [3.05, 3.63) is 58.6 Å². The molecule has 2 aromatic rings. The minimum atomic E-state index is -0.542. The van der Waals surface area contributed by atoms with Gasteiger partial charge in [-0.1, -0.05) is 30.7 Å². The Balaban J connectivity index is 1.91. The van der Waals surface area contributed by atoms with Gasteiger partial charge in [-0.3, -0.25) is 4.79 Å². The number of aryl methyl sites for hydroxylation is 1. The van der Waals surface area contributed by atoms with E-state index in [-0.39, 0.29) is 12.0 Å². The minimum absolute atomic E-state index is 0.136. The van der Waals surface area contributed by atoms with Gasteiger partial charge < -0.3 is 14.8 Å². The molecule has 0 fully saturated rings. The zero-order valence-electron chi connectivity index (χ0n) is 15.7. The van der Waals surface area contributed by atoms with E-state index in [9.17, 15) is 4.79 Å². The summed E-state index contributed by atoms with van der Waals surface area (Å²) in [5, 5.41) is 3.61. The number of hydrogen-bond acceptors (Lipinski definition) is 3. The van der Waals surface area contributed by atoms with Gasteiger partial charge in [0.25, 0.3) is 5.91 Å². The van der Waals surface area contributed by atoms with E-state index >= 15 is 0 Å². The maximum absolute atomic E-state index is 12.4. The predicted octanol–water partition coefficient (Wildman–Crippen LogP) is 4.91. The lowest BCUT2D eigenvalue weighted by Gasteiger charge is -2.18. The fourth-order valence-corrected chi connectivity index (χ4v) is 2.56. The highest BCUT2D eigenvalue weighted by atomic mass is 35.5. The Morgan fingerprint density at radius 2 is 1.73 bits per heavy atom. The van der Waals surface area contributed by atoms with Crippen LogP contribution in [0.1, 0.15) is 38.3 Å². The first-order valence-corrected chi connectivity index (χ1v) is 9.23. The van der Waals surface area contributed by atoms with Crippen molar-refractivity contribution in [1.29, 1.82) is 0 Å². The van der Waals surface area contributed by atoms with E-state index in [0.717, 1.165) is 16.9 Å². The van der Waals surface area contributed by atoms with E-state index in [4.69, 9.17) is 21.1 Å². The first-order chi connectivity index (χ1) is 12.4. The van der Waals surface area contributed by atoms with Gasteiger partial charge in [0.1, 0.15) is 11.5 Å². The second-order valence-electron chi connectivity index (χ2n) is 6.45. The molecule has 0 bridgehead atoms. The van der Waals surface area contributed by atoms with Crippen molar-refractivity contribution >= 4 is 17.5 Å². The summed E-state index contributed by atoms with van der Waals surface area (Å²) in [6.07, 6.45) is 0.174. The lowest BCUT2D eigenvalue weighted by atomic mass is 10.2. The smallest absolute Gasteiger partial charge is 0.261 e. The van der Waals surface area contributed by atoms with Gasteiger partial charge in [-0.25, -0.2) is 0 Å². The third-order valence-electron chi connectivity index (χ3n) is 3.83. The SMILES string of the molecule is CC[C@H](Oc1ccc(Cl)c(C)c1)C(=O)NCc1ccc(OC(C)C)cc1. The Labute approximate surface area is 160 Å². The van der Waals surface area contributed by atoms with Crippen molar-refractivity contribution in [3.8, 4) is 11.5 Å². The summed E-state index contributed by atoms with van der Waals surface area (Å²) in [4.78, 5) is 12.4. The van der Waals surface area contributed by atoms with Gasteiger partial charge in [0.15, 0.2) is 6.10 Å². The molecule has 0 unspecified atom stereocenters. The molecule has 0 aliphatic carbocycles. The highest BCUT2D eigenvalue weighted by molar-refractivity contribution is 6.31. The van der Waals surface area contributed by atoms with Gasteiger partial charge >= 0.3 is 0 Å². The van der Waals surface area contributed by atoms with Crippen LogP contribution in [0.25, 0.3) is 0 Å². The second-order valence-corrected chi connectivity index (χ2v) is 6.86. The number of amides is 1. The lowest BCUT2D eigenvalue weighted by Crippen LogP contribution is -2.37. The average Bonchev–Trinajstić information content (AvgIpc) is 2.61. The van der Waals surface area contributed by atoms with E-state index in [1.807, 2.05) is 58.0 Å². The summed E-state index contributed by atoms with van der Waals surface area (Å²) >= 11 is 6.03. The molecule has 0 aromatic heterocycles. The van der Waals surface area contributed by atoms with Crippen LogP contribution in [0.4, 0.5) is 0 Å². The molecule has 0 radical (unpaired) electrons. The number of carbonyl (C=O) groups excluding carboxylic acids is 1. The molecule has 2 rings (SSSR count). The van der Waals surface area contributed by atoms with Gasteiger partial charge in [0, 0.05) is 11.6 Å². The lowest BCUT2D eigenvalue weighted by molar-refractivity contribution is -0.128. The van der Waals surface area contributed by atoms with Crippen molar-refractivity contribution in [3.63, 3.8) is 0 Å². The molecular weight excluding hydrogens is 350 g/mol. The van der Waals surface area contributed by atoms with Crippen molar-refractivity contribution in [2.24, 2.45) is 0 Å². The molecule has 0 aliphatic rings. The number of nitrogens with one attached hydrogen (secondary N) is 1. The Kier molecular flexibility index (Phi) is 7.34. The number of ether oxygens (including phenoxy) is 2. The summed E-state index contributed by atoms with van der Waals surface area (Å²) in [7, 11) is 0. The highest BCUT2D eigenvalue weighted by Gasteiger charge is 2.18. The van der Waals surface area contributed by atoms with Gasteiger partial charge in [-0.2, -0.15) is 0 Å². The number of carbonyl (C=O) groups is 1. The predicted molar refractivity (Wildman–Crippen MR) is 105 cm³/mol. The second kappa shape index (κ2) is 9.48. The Morgan fingerprint density at radius 1 is 1.08 bits per heavy atom. The van der Waals surface area contributed by atoms with Crippen LogP contribution < -0.4 is 14.8 Å². The van der Waals surface area contributed by atoms with Crippen molar-refractivity contribution in [2.75, 3.05) is 0 Å². The van der Waals surface area contributed by atoms with Crippen LogP contribution in [0.5, 0.6) is 11.5 Å². The minimum Gasteiger partial charge on any atom is -0.491 e. The fraction of sp³-hybridized carbons (Fsp3) is 0.381. The molecule has 1 atom stereocenters. The molecule has 5 heteroatoms. The van der Waals surface area contributed by atoms with Gasteiger partial charge in [-0.15, -0.1) is 0 Å². The molecule has 0 heterocycles. The normalized spacial score (nSPS) is 11.9. The summed E-state index contributed by atoms with van der Waals surface area (Å²) in [6.45, 7) is 8.25. The standard InChI is InChI=1S/C21H26ClNO3/c1-5-20(26-18-10-11-19(22)15(4)12-18)21(24)23-13-16-6-8-17(9-7-16)25-14(2)3/h6-12,14,20H,5,13H2,1-4H3,(H,23,24)/t20-/m0/s1. The number of hydrogen-bond donors (Lipinski definition) is 1. The Morgan fingerprint density at radius 3 is 2.31 bits per heavy atom. The molecular formula is C21H26ClNO3. The first-order valence-electron chi connectivity index (χ1n) is 8.85. The maximum Gasteiger partial charge on any atom is 0.261 e. The van der Waals surface area contributed by atoms with Crippen LogP contribution in [0, 0.1) is 6.92 Å². The highest BCUT2D eigenvalue weighted by Crippen LogP contribution is 2.22. The van der Waals surface area contributed by atoms with Crippen LogP contribution in [-0.2, 0) is 11.3 Å². The molecule has 140 valence electrons. The topological polar surface area (TPSA) is 47.6 Å². The van der Waals surface area contributed by atoms with E-state index in [1.54, 1.807) is 12.1 Å². The molecule has 1 N–H and O–H groups in total. The van der Waals surface area contributed by atoms with Crippen LogP contribution >= 0.6 is 11.6 Å². The first kappa shape index (κ1) is 20.1. The molecule has 0 aliphatic heterocycles. The largest absolute Gasteiger partial charge is 0.491 e. The van der Waals surface area contributed by atoms with Crippen LogP contribution in [0.15, 0.2) is 42.5 Å². The quantitative estimate of drug-likeness (QED) is 0.713. The monoisotopic (exact) mass is 375 g/mol. The summed E-state index contributed by atoms with van der Waals surface area (Å²) < 4.78 is 11.4. The van der Waals surface area contributed by atoms with Crippen molar-refractivity contribution in [1.82, 2.24) is 5.32 Å². The number of rotatable bonds is 8. The van der Waals surface area contributed by atoms with E-state index < -0.39 is 6.10 Å². The molecule has 2 aromatic carbocycles. The van der Waals surface area contributed by atoms with E-state index in [1.165, 1.54) is 0 Å². The van der Waals surface area contributed by atoms with Gasteiger partial charge in [-0.05, 0) is 68.7 Å². The summed E-state index contributed by atoms with van der Waals surface area (Å²) in [5.41, 5.74) is 1.93. The number of halogens is 1. The van der Waals surface area contributed by atoms with Gasteiger partial charge in [0.05, 0.1) is 6.10 Å². The third kappa shape index (κ3) is 5.95. The molecule has 4 nitrogen and oxygen atoms in total. The third-order valence-corrected chi connectivity index (χ3v) is 4.26. The van der Waals surface area contributed by atoms with E-state index in [0.29, 0.717) is 23.7 Å². The average molecular weight is 376 g/mol. The molecule has 0 saturated heterocycles. The zero-order chi connectivity index (χ0) is 19.1. The van der Waals surface area contributed by atoms with Crippen molar-refractivity contribution < 1.29 is 14.3 Å². The summed E-state index contributed by atoms with van der Waals surface area (Å²) in [6, 6.07) is 13.1. The molecule has 0 spiro atoms. The van der Waals surface area contributed by atoms with Crippen molar-refractivity contribution in [2.45, 2.75) is 52.9 Å². The summed E-state index contributed by atoms with van der Waals surface area (Å²) in [5.74, 6) is 1.33. The van der Waals surface area contributed by atoms with E-state index in [2.05, 4.69) is 5.32 Å². The van der Waals surface area contributed by atoms with Crippen LogP contribution in [0.3, 0.4) is 0 Å². The molecule has 1 amide bonds. The molecule has 26 heavy (non-hydrogen) atoms. The Hall–Kier alpha value is -2.20. The fourth-order valence-electron chi connectivity index (χ4n) is 2.44. The van der Waals surface area contributed by atoms with Gasteiger partial charge in [0.2, 0.25) is 0 Å². The zero-order valence-corrected chi connectivity index (χ0v) is 16.5. The Bertz CT molecular complexity index is 729. The van der Waals surface area contributed by atoms with Crippen LogP contribution in [-0.4, -0.2) is 18.1 Å².